The van der Waals surface area contributed by atoms with E-state index in [0.29, 0.717) is 13.2 Å². The average Bonchev–Trinajstić information content (AvgIpc) is 2.50. The molecular formula is C18H33NO5Si. The molecule has 0 unspecified atom stereocenters. The van der Waals surface area contributed by atoms with Gasteiger partial charge in [-0.25, -0.2) is 9.69 Å². The van der Waals surface area contributed by atoms with Crippen molar-refractivity contribution in [3.05, 3.63) is 0 Å². The SMILES string of the molecule is CC[Si](CC)(CC)O[C@@H]1C(=O)N(C(=O)OC(C)(C)C)[C@@H]1C1(C)COC1. The number of carbonyl (C=O) groups is 2. The Morgan fingerprint density at radius 2 is 1.76 bits per heavy atom. The summed E-state index contributed by atoms with van der Waals surface area (Å²) in [5.74, 6) is -0.264. The summed E-state index contributed by atoms with van der Waals surface area (Å²) < 4.78 is 17.3. The first-order chi connectivity index (χ1) is 11.5. The van der Waals surface area contributed by atoms with Crippen molar-refractivity contribution in [1.29, 1.82) is 0 Å². The van der Waals surface area contributed by atoms with Gasteiger partial charge in [0, 0.05) is 5.41 Å². The molecule has 2 fully saturated rings. The standard InChI is InChI=1S/C18H33NO5Si/c1-8-25(9-2,10-3)24-13-14(18(7)11-22-12-18)19(15(13)20)16(21)23-17(4,5)6/h13-14H,8-12H2,1-7H3/t13-,14-/m0/s1. The molecule has 2 saturated heterocycles. The van der Waals surface area contributed by atoms with Crippen molar-refractivity contribution in [3.8, 4) is 0 Å². The maximum atomic E-state index is 12.8. The first-order valence-corrected chi connectivity index (χ1v) is 11.9. The van der Waals surface area contributed by atoms with Gasteiger partial charge < -0.3 is 13.9 Å². The highest BCUT2D eigenvalue weighted by Crippen LogP contribution is 2.44. The summed E-state index contributed by atoms with van der Waals surface area (Å²) in [5.41, 5.74) is -0.898. The Balaban J connectivity index is 2.23. The van der Waals surface area contributed by atoms with Crippen LogP contribution in [0.15, 0.2) is 0 Å². The molecule has 0 spiro atoms. The van der Waals surface area contributed by atoms with E-state index in [4.69, 9.17) is 13.9 Å². The Morgan fingerprint density at radius 3 is 2.12 bits per heavy atom. The largest absolute Gasteiger partial charge is 0.443 e. The molecule has 2 rings (SSSR count). The molecule has 2 aliphatic rings. The second-order valence-electron chi connectivity index (χ2n) is 8.56. The summed E-state index contributed by atoms with van der Waals surface area (Å²) in [6.45, 7) is 14.9. The number of imide groups is 1. The zero-order chi connectivity index (χ0) is 19.0. The second-order valence-corrected chi connectivity index (χ2v) is 13.3. The van der Waals surface area contributed by atoms with Gasteiger partial charge in [-0.2, -0.15) is 0 Å². The van der Waals surface area contributed by atoms with Gasteiger partial charge in [-0.1, -0.05) is 27.7 Å². The number of hydrogen-bond acceptors (Lipinski definition) is 5. The van der Waals surface area contributed by atoms with Crippen LogP contribution in [0.25, 0.3) is 0 Å². The fourth-order valence-electron chi connectivity index (χ4n) is 3.63. The summed E-state index contributed by atoms with van der Waals surface area (Å²) in [7, 11) is -1.95. The first kappa shape index (κ1) is 20.4. The predicted molar refractivity (Wildman–Crippen MR) is 97.9 cm³/mol. The third-order valence-corrected chi connectivity index (χ3v) is 10.1. The van der Waals surface area contributed by atoms with Crippen LogP contribution in [-0.2, 0) is 18.7 Å². The van der Waals surface area contributed by atoms with Gasteiger partial charge in [0.05, 0.1) is 19.3 Å². The minimum atomic E-state index is -1.95. The van der Waals surface area contributed by atoms with E-state index in [0.717, 1.165) is 18.1 Å². The maximum Gasteiger partial charge on any atom is 0.417 e. The smallest absolute Gasteiger partial charge is 0.417 e. The van der Waals surface area contributed by atoms with Crippen LogP contribution in [0.4, 0.5) is 4.79 Å². The molecular weight excluding hydrogens is 338 g/mol. The van der Waals surface area contributed by atoms with Crippen LogP contribution < -0.4 is 0 Å². The summed E-state index contributed by atoms with van der Waals surface area (Å²) in [4.78, 5) is 26.6. The van der Waals surface area contributed by atoms with Crippen LogP contribution in [0.5, 0.6) is 0 Å². The highest BCUT2D eigenvalue weighted by molar-refractivity contribution is 6.73. The van der Waals surface area contributed by atoms with E-state index in [1.54, 1.807) is 20.8 Å². The van der Waals surface area contributed by atoms with E-state index in [2.05, 4.69) is 27.7 Å². The molecule has 2 amide bonds. The minimum Gasteiger partial charge on any atom is -0.443 e. The van der Waals surface area contributed by atoms with E-state index in [1.165, 1.54) is 4.90 Å². The lowest BCUT2D eigenvalue weighted by Crippen LogP contribution is -2.77. The van der Waals surface area contributed by atoms with E-state index in [1.807, 2.05) is 0 Å². The van der Waals surface area contributed by atoms with Crippen LogP contribution in [0, 0.1) is 5.41 Å². The van der Waals surface area contributed by atoms with Crippen LogP contribution in [0.2, 0.25) is 18.1 Å². The topological polar surface area (TPSA) is 65.1 Å². The van der Waals surface area contributed by atoms with Crippen molar-refractivity contribution in [1.82, 2.24) is 4.90 Å². The summed E-state index contributed by atoms with van der Waals surface area (Å²) >= 11 is 0. The fourth-order valence-corrected chi connectivity index (χ4v) is 6.40. The molecule has 7 heteroatoms. The van der Waals surface area contributed by atoms with Crippen molar-refractivity contribution in [2.75, 3.05) is 13.2 Å². The number of rotatable bonds is 6. The van der Waals surface area contributed by atoms with Gasteiger partial charge in [0.15, 0.2) is 8.32 Å². The van der Waals surface area contributed by atoms with Gasteiger partial charge in [-0.05, 0) is 38.9 Å². The zero-order valence-electron chi connectivity index (χ0n) is 16.7. The third kappa shape index (κ3) is 3.78. The van der Waals surface area contributed by atoms with Crippen LogP contribution >= 0.6 is 0 Å². The molecule has 0 aromatic rings. The van der Waals surface area contributed by atoms with Crippen molar-refractivity contribution in [2.24, 2.45) is 5.41 Å². The Morgan fingerprint density at radius 1 is 1.24 bits per heavy atom. The lowest BCUT2D eigenvalue weighted by molar-refractivity contribution is -0.205. The molecule has 0 N–H and O–H groups in total. The number of hydrogen-bond donors (Lipinski definition) is 0. The number of ether oxygens (including phenoxy) is 2. The number of likely N-dealkylation sites (tertiary alicyclic amines) is 1. The third-order valence-electron chi connectivity index (χ3n) is 5.52. The summed E-state index contributed by atoms with van der Waals surface area (Å²) in [5, 5.41) is 0. The van der Waals surface area contributed by atoms with Crippen molar-refractivity contribution in [2.45, 2.75) is 84.3 Å². The van der Waals surface area contributed by atoms with Gasteiger partial charge in [-0.15, -0.1) is 0 Å². The monoisotopic (exact) mass is 371 g/mol. The Hall–Kier alpha value is -0.923. The number of carbonyl (C=O) groups excluding carboxylic acids is 2. The fraction of sp³-hybridized carbons (Fsp3) is 0.889. The molecule has 2 atom stereocenters. The van der Waals surface area contributed by atoms with Gasteiger partial charge in [0.25, 0.3) is 5.91 Å². The molecule has 0 saturated carbocycles. The molecule has 25 heavy (non-hydrogen) atoms. The molecule has 0 aromatic carbocycles. The van der Waals surface area contributed by atoms with E-state index in [-0.39, 0.29) is 17.4 Å². The number of amides is 2. The first-order valence-electron chi connectivity index (χ1n) is 9.34. The summed E-state index contributed by atoms with van der Waals surface area (Å²) in [6, 6.07) is 2.60. The van der Waals surface area contributed by atoms with Crippen LogP contribution in [0.3, 0.4) is 0 Å². The van der Waals surface area contributed by atoms with Crippen LogP contribution in [-0.4, -0.2) is 56.2 Å². The minimum absolute atomic E-state index is 0.259. The van der Waals surface area contributed by atoms with E-state index < -0.39 is 26.1 Å². The molecule has 6 nitrogen and oxygen atoms in total. The van der Waals surface area contributed by atoms with Gasteiger partial charge >= 0.3 is 6.09 Å². The Kier molecular flexibility index (Phi) is 5.71. The van der Waals surface area contributed by atoms with Gasteiger partial charge in [0.1, 0.15) is 11.7 Å². The highest BCUT2D eigenvalue weighted by atomic mass is 28.4. The van der Waals surface area contributed by atoms with Gasteiger partial charge in [0.2, 0.25) is 0 Å². The van der Waals surface area contributed by atoms with Crippen molar-refractivity contribution >= 4 is 20.3 Å². The van der Waals surface area contributed by atoms with Crippen LogP contribution in [0.1, 0.15) is 48.5 Å². The molecule has 2 aliphatic heterocycles. The van der Waals surface area contributed by atoms with E-state index in [9.17, 15) is 9.59 Å². The molecule has 0 aromatic heterocycles. The average molecular weight is 372 g/mol. The lowest BCUT2D eigenvalue weighted by atomic mass is 9.72. The summed E-state index contributed by atoms with van der Waals surface area (Å²) in [6.07, 6.45) is -1.12. The molecule has 144 valence electrons. The lowest BCUT2D eigenvalue weighted by Gasteiger charge is -2.57. The Bertz CT molecular complexity index is 514. The van der Waals surface area contributed by atoms with Crippen molar-refractivity contribution in [3.63, 3.8) is 0 Å². The van der Waals surface area contributed by atoms with Crippen molar-refractivity contribution < 1.29 is 23.5 Å². The zero-order valence-corrected chi connectivity index (χ0v) is 17.7. The van der Waals surface area contributed by atoms with Gasteiger partial charge in [-0.3, -0.25) is 4.79 Å². The normalized spacial score (nSPS) is 26.0. The number of β-lactam (4-membered cyclic amide) rings is 1. The predicted octanol–water partition coefficient (Wildman–Crippen LogP) is 3.56. The molecule has 0 radical (unpaired) electrons. The van der Waals surface area contributed by atoms with E-state index >= 15 is 0 Å². The quantitative estimate of drug-likeness (QED) is 0.528. The highest BCUT2D eigenvalue weighted by Gasteiger charge is 2.63. The molecule has 2 heterocycles. The second kappa shape index (κ2) is 7.00. The molecule has 0 bridgehead atoms. The maximum absolute atomic E-state index is 12.8. The Labute approximate surface area is 152 Å². The molecule has 0 aliphatic carbocycles. The number of nitrogens with zero attached hydrogens (tertiary/aromatic N) is 1.